The maximum atomic E-state index is 11.0. The first-order chi connectivity index (χ1) is 5.65. The van der Waals surface area contributed by atoms with Crippen LogP contribution in [0.2, 0.25) is 0 Å². The van der Waals surface area contributed by atoms with Gasteiger partial charge in [-0.1, -0.05) is 0 Å². The van der Waals surface area contributed by atoms with Crippen molar-refractivity contribution in [1.29, 1.82) is 0 Å². The van der Waals surface area contributed by atoms with Crippen LogP contribution in [0.25, 0.3) is 0 Å². The predicted octanol–water partition coefficient (Wildman–Crippen LogP) is 1.78. The molecule has 0 spiro atoms. The Morgan fingerprint density at radius 1 is 1.54 bits per heavy atom. The number of carbonyl (C=O) groups is 1. The molecule has 1 N–H and O–H groups in total. The smallest absolute Gasteiger partial charge is 0.341 e. The third-order valence-electron chi connectivity index (χ3n) is 1.37. The molecule has 0 bridgehead atoms. The molecule has 0 atom stereocenters. The Morgan fingerprint density at radius 2 is 2.15 bits per heavy atom. The SMILES string of the molecule is COC(=O)c1ccc(I)cc1O.[Ar]. The van der Waals surface area contributed by atoms with Crippen molar-refractivity contribution in [1.82, 2.24) is 0 Å². The van der Waals surface area contributed by atoms with Gasteiger partial charge < -0.3 is 9.84 Å². The standard InChI is InChI=1S/C8H7IO3.Ar/c1-12-8(11)6-3-2-5(9)4-7(6)10;/h2-4,10H,1H3;. The molecule has 5 heteroatoms. The van der Waals surface area contributed by atoms with Gasteiger partial charge in [0.1, 0.15) is 11.3 Å². The summed E-state index contributed by atoms with van der Waals surface area (Å²) in [4.78, 5) is 11.0. The van der Waals surface area contributed by atoms with E-state index in [-0.39, 0.29) is 49.1 Å². The van der Waals surface area contributed by atoms with Crippen LogP contribution in [0.15, 0.2) is 18.2 Å². The fraction of sp³-hybridized carbons (Fsp3) is 0.125. The molecule has 0 aliphatic carbocycles. The molecule has 0 heterocycles. The van der Waals surface area contributed by atoms with Crippen LogP contribution in [0.4, 0.5) is 0 Å². The van der Waals surface area contributed by atoms with E-state index in [2.05, 4.69) is 4.74 Å². The molecule has 0 unspecified atom stereocenters. The Labute approximate surface area is 120 Å². The number of esters is 1. The topological polar surface area (TPSA) is 46.5 Å². The maximum absolute atomic E-state index is 11.0. The fourth-order valence-corrected chi connectivity index (χ4v) is 1.26. The largest absolute Gasteiger partial charge is 0.507 e. The van der Waals surface area contributed by atoms with Gasteiger partial charge in [0.05, 0.1) is 7.11 Å². The zero-order valence-corrected chi connectivity index (χ0v) is 9.59. The summed E-state index contributed by atoms with van der Waals surface area (Å²) in [5, 5.41) is 9.29. The van der Waals surface area contributed by atoms with Gasteiger partial charge in [-0.15, -0.1) is 0 Å². The van der Waals surface area contributed by atoms with E-state index in [0.29, 0.717) is 0 Å². The van der Waals surface area contributed by atoms with E-state index in [0.717, 1.165) is 3.57 Å². The number of methoxy groups -OCH3 is 1. The third-order valence-corrected chi connectivity index (χ3v) is 2.04. The van der Waals surface area contributed by atoms with Crippen LogP contribution in [-0.4, -0.2) is 18.2 Å². The number of hydrogen-bond acceptors (Lipinski definition) is 3. The monoisotopic (exact) mass is 318 g/mol. The number of benzene rings is 1. The van der Waals surface area contributed by atoms with E-state index < -0.39 is 5.97 Å². The molecule has 0 aromatic heterocycles. The molecule has 72 valence electrons. The minimum absolute atomic E-state index is 0. The Hall–Kier alpha value is 0.480. The van der Waals surface area contributed by atoms with Crippen LogP contribution in [0.3, 0.4) is 0 Å². The summed E-state index contributed by atoms with van der Waals surface area (Å²) in [7, 11) is 1.28. The van der Waals surface area contributed by atoms with E-state index in [1.54, 1.807) is 6.07 Å². The van der Waals surface area contributed by atoms with Crippen molar-refractivity contribution in [3.05, 3.63) is 27.3 Å². The second kappa shape index (κ2) is 6.06. The zero-order chi connectivity index (χ0) is 9.14. The zero-order valence-electron chi connectivity index (χ0n) is 6.73. The predicted molar refractivity (Wildman–Crippen MR) is 52.2 cm³/mol. The number of rotatable bonds is 1. The molecule has 0 aliphatic heterocycles. The Morgan fingerprint density at radius 3 is 2.62 bits per heavy atom. The normalized spacial score (nSPS) is 8.77. The molecule has 1 rings (SSSR count). The number of carbonyl (C=O) groups excluding carboxylic acids is 1. The van der Waals surface area contributed by atoms with Crippen LogP contribution >= 0.6 is 22.6 Å². The molecule has 0 radical (unpaired) electrons. The second-order valence-electron chi connectivity index (χ2n) is 2.15. The van der Waals surface area contributed by atoms with E-state index in [1.165, 1.54) is 19.2 Å². The quantitative estimate of drug-likeness (QED) is 0.634. The molecule has 0 aliphatic rings. The van der Waals surface area contributed by atoms with Crippen molar-refractivity contribution in [2.75, 3.05) is 7.11 Å². The summed E-state index contributed by atoms with van der Waals surface area (Å²) < 4.78 is 5.33. The molecule has 0 fully saturated rings. The molecule has 3 nitrogen and oxygen atoms in total. The van der Waals surface area contributed by atoms with Crippen LogP contribution in [0.1, 0.15) is 10.4 Å². The van der Waals surface area contributed by atoms with Gasteiger partial charge in [0.2, 0.25) is 0 Å². The van der Waals surface area contributed by atoms with Gasteiger partial charge >= 0.3 is 5.97 Å². The van der Waals surface area contributed by atoms with Crippen LogP contribution in [0.5, 0.6) is 5.75 Å². The number of hydrogen-bond donors (Lipinski definition) is 1. The van der Waals surface area contributed by atoms with Crippen molar-refractivity contribution in [2.24, 2.45) is 0 Å². The van der Waals surface area contributed by atoms with E-state index in [1.807, 2.05) is 22.6 Å². The summed E-state index contributed by atoms with van der Waals surface area (Å²) in [5.74, 6) is -0.572. The number of aromatic hydroxyl groups is 1. The van der Waals surface area contributed by atoms with Gasteiger partial charge in [0.15, 0.2) is 0 Å². The van der Waals surface area contributed by atoms with Crippen molar-refractivity contribution in [3.8, 4) is 5.75 Å². The average molecular weight is 318 g/mol. The number of phenols is 1. The molecule has 13 heavy (non-hydrogen) atoms. The summed E-state index contributed by atoms with van der Waals surface area (Å²) in [6.45, 7) is 0. The first-order valence-corrected chi connectivity index (χ1v) is 4.30. The second-order valence-corrected chi connectivity index (χ2v) is 3.40. The van der Waals surface area contributed by atoms with E-state index >= 15 is 0 Å². The Kier molecular flexibility index (Phi) is 6.28. The third kappa shape index (κ3) is 3.61. The minimum atomic E-state index is -0.524. The Balaban J connectivity index is 0.00000144. The van der Waals surface area contributed by atoms with Crippen molar-refractivity contribution < 1.29 is 52.4 Å². The summed E-state index contributed by atoms with van der Waals surface area (Å²) in [6.07, 6.45) is 0. The van der Waals surface area contributed by atoms with E-state index in [4.69, 9.17) is 0 Å². The molecule has 0 saturated carbocycles. The minimum Gasteiger partial charge on any atom is -0.507 e. The van der Waals surface area contributed by atoms with Crippen molar-refractivity contribution in [2.45, 2.75) is 0 Å². The molecular weight excluding hydrogens is 311 g/mol. The molecular formula is C8H7ArIO3. The molecule has 1 aromatic rings. The van der Waals surface area contributed by atoms with Gasteiger partial charge in [0.25, 0.3) is 0 Å². The Bertz CT molecular complexity index is 314. The van der Waals surface area contributed by atoms with E-state index in [9.17, 15) is 9.90 Å². The summed E-state index contributed by atoms with van der Waals surface area (Å²) >= 11 is 2.05. The maximum Gasteiger partial charge on any atom is 0.341 e. The summed E-state index contributed by atoms with van der Waals surface area (Å²) in [6, 6.07) is 4.77. The van der Waals surface area contributed by atoms with Crippen molar-refractivity contribution >= 4 is 28.6 Å². The summed E-state index contributed by atoms with van der Waals surface area (Å²) in [5.41, 5.74) is 0.193. The number of ether oxygens (including phenoxy) is 1. The van der Waals surface area contributed by atoms with Crippen LogP contribution in [-0.2, 0) is 4.74 Å². The first-order valence-electron chi connectivity index (χ1n) is 3.22. The van der Waals surface area contributed by atoms with Crippen molar-refractivity contribution in [3.63, 3.8) is 0 Å². The van der Waals surface area contributed by atoms with Gasteiger partial charge in [-0.3, -0.25) is 0 Å². The fourth-order valence-electron chi connectivity index (χ4n) is 0.787. The van der Waals surface area contributed by atoms with Crippen LogP contribution < -0.4 is 0 Å². The first kappa shape index (κ1) is 13.5. The van der Waals surface area contributed by atoms with Gasteiger partial charge in [-0.2, -0.15) is 0 Å². The molecule has 0 amide bonds. The molecule has 1 aromatic carbocycles. The number of phenolic OH excluding ortho intramolecular Hbond substituents is 1. The number of halogens is 1. The van der Waals surface area contributed by atoms with Gasteiger partial charge in [0, 0.05) is 41.3 Å². The molecule has 0 saturated heterocycles. The van der Waals surface area contributed by atoms with Crippen LogP contribution in [0, 0.1) is 41.3 Å². The van der Waals surface area contributed by atoms with Gasteiger partial charge in [-0.25, -0.2) is 4.79 Å². The average Bonchev–Trinajstić information content (AvgIpc) is 2.03. The van der Waals surface area contributed by atoms with Gasteiger partial charge in [-0.05, 0) is 40.8 Å².